The maximum Gasteiger partial charge on any atom is 0.0649 e. The number of hydrogen-bond acceptors (Lipinski definition) is 2. The highest BCUT2D eigenvalue weighted by Gasteiger charge is 2.21. The fourth-order valence-electron chi connectivity index (χ4n) is 2.16. The van der Waals surface area contributed by atoms with Crippen molar-refractivity contribution in [3.05, 3.63) is 0 Å². The van der Waals surface area contributed by atoms with Crippen LogP contribution in [0.5, 0.6) is 0 Å². The van der Waals surface area contributed by atoms with E-state index in [1.54, 1.807) is 0 Å². The topological polar surface area (TPSA) is 6.48 Å². The highest BCUT2D eigenvalue weighted by molar-refractivity contribution is 7.13. The van der Waals surface area contributed by atoms with Crippen LogP contribution in [-0.4, -0.2) is 35.9 Å². The van der Waals surface area contributed by atoms with Crippen LogP contribution in [-0.2, 0) is 0 Å². The second-order valence-corrected chi connectivity index (χ2v) is 4.85. The predicted octanol–water partition coefficient (Wildman–Crippen LogP) is 2.32. The Balaban J connectivity index is 2.50. The Morgan fingerprint density at radius 1 is 1.38 bits per heavy atom. The molecule has 2 nitrogen and oxygen atoms in total. The molecular formula is C10H23N2P. The zero-order valence-electron chi connectivity index (χ0n) is 9.00. The van der Waals surface area contributed by atoms with E-state index in [9.17, 15) is 0 Å². The van der Waals surface area contributed by atoms with Crippen molar-refractivity contribution in [1.29, 1.82) is 0 Å². The fraction of sp³-hybridized carbons (Fsp3) is 1.00. The fourth-order valence-corrected chi connectivity index (χ4v) is 2.50. The first kappa shape index (κ1) is 11.4. The molecule has 0 spiro atoms. The summed E-state index contributed by atoms with van der Waals surface area (Å²) in [5.41, 5.74) is 0. The Morgan fingerprint density at radius 2 is 2.15 bits per heavy atom. The molecule has 0 bridgehead atoms. The number of likely N-dealkylation sites (tertiary alicyclic amines) is 1. The van der Waals surface area contributed by atoms with Gasteiger partial charge in [-0.1, -0.05) is 29.2 Å². The van der Waals surface area contributed by atoms with E-state index in [-0.39, 0.29) is 0 Å². The summed E-state index contributed by atoms with van der Waals surface area (Å²) in [5, 5.41) is 0. The predicted molar refractivity (Wildman–Crippen MR) is 61.6 cm³/mol. The zero-order chi connectivity index (χ0) is 9.68. The molecule has 3 heteroatoms. The normalized spacial score (nSPS) is 26.3. The molecule has 1 saturated heterocycles. The molecule has 78 valence electrons. The molecule has 0 amide bonds. The molecule has 0 aromatic rings. The second kappa shape index (κ2) is 5.95. The van der Waals surface area contributed by atoms with E-state index in [0.29, 0.717) is 6.17 Å². The van der Waals surface area contributed by atoms with Crippen LogP contribution in [0.1, 0.15) is 39.0 Å². The third kappa shape index (κ3) is 3.53. The molecule has 0 aliphatic carbocycles. The SMILES string of the molecule is CCCN1CCCCCC1N(C)P. The van der Waals surface area contributed by atoms with Gasteiger partial charge < -0.3 is 0 Å². The largest absolute Gasteiger partial charge is 0.288 e. The lowest BCUT2D eigenvalue weighted by Crippen LogP contribution is -2.42. The van der Waals surface area contributed by atoms with Crippen molar-refractivity contribution in [2.75, 3.05) is 20.1 Å². The lowest BCUT2D eigenvalue weighted by atomic mass is 10.2. The molecule has 1 rings (SSSR count). The minimum absolute atomic E-state index is 0.660. The van der Waals surface area contributed by atoms with E-state index < -0.39 is 0 Å². The van der Waals surface area contributed by atoms with Crippen LogP contribution in [0.25, 0.3) is 0 Å². The summed E-state index contributed by atoms with van der Waals surface area (Å²) in [6.07, 6.45) is 7.45. The molecule has 0 N–H and O–H groups in total. The Morgan fingerprint density at radius 3 is 2.77 bits per heavy atom. The molecule has 1 fully saturated rings. The summed E-state index contributed by atoms with van der Waals surface area (Å²) in [5.74, 6) is 0. The van der Waals surface area contributed by atoms with Gasteiger partial charge in [0.25, 0.3) is 0 Å². The Bertz CT molecular complexity index is 139. The highest BCUT2D eigenvalue weighted by atomic mass is 31.0. The number of rotatable bonds is 3. The average molecular weight is 202 g/mol. The van der Waals surface area contributed by atoms with Crippen LogP contribution in [0.15, 0.2) is 0 Å². The van der Waals surface area contributed by atoms with Crippen molar-refractivity contribution < 1.29 is 0 Å². The summed E-state index contributed by atoms with van der Waals surface area (Å²) in [6, 6.07) is 0. The van der Waals surface area contributed by atoms with Gasteiger partial charge >= 0.3 is 0 Å². The van der Waals surface area contributed by atoms with E-state index in [2.05, 4.69) is 32.9 Å². The molecule has 0 radical (unpaired) electrons. The molecule has 1 aliphatic rings. The lowest BCUT2D eigenvalue weighted by molar-refractivity contribution is 0.123. The van der Waals surface area contributed by atoms with Crippen molar-refractivity contribution >= 4 is 9.39 Å². The Hall–Kier alpha value is 0.350. The van der Waals surface area contributed by atoms with Gasteiger partial charge in [-0.3, -0.25) is 9.57 Å². The van der Waals surface area contributed by atoms with Gasteiger partial charge in [0.2, 0.25) is 0 Å². The van der Waals surface area contributed by atoms with Crippen molar-refractivity contribution in [1.82, 2.24) is 9.57 Å². The van der Waals surface area contributed by atoms with Crippen molar-refractivity contribution in [2.45, 2.75) is 45.2 Å². The maximum atomic E-state index is 2.81. The summed E-state index contributed by atoms with van der Waals surface area (Å²) in [6.45, 7) is 4.81. The first-order valence-corrected chi connectivity index (χ1v) is 5.99. The summed E-state index contributed by atoms with van der Waals surface area (Å²) >= 11 is 0. The van der Waals surface area contributed by atoms with Gasteiger partial charge in [-0.15, -0.1) is 0 Å². The van der Waals surface area contributed by atoms with Gasteiger partial charge in [0.15, 0.2) is 0 Å². The first-order valence-electron chi connectivity index (χ1n) is 5.47. The van der Waals surface area contributed by atoms with E-state index in [1.807, 2.05) is 0 Å². The minimum Gasteiger partial charge on any atom is -0.288 e. The third-order valence-corrected chi connectivity index (χ3v) is 3.15. The van der Waals surface area contributed by atoms with Gasteiger partial charge in [0.1, 0.15) is 0 Å². The molecular weight excluding hydrogens is 179 g/mol. The van der Waals surface area contributed by atoms with Crippen LogP contribution in [0.2, 0.25) is 0 Å². The molecule has 0 saturated carbocycles. The van der Waals surface area contributed by atoms with Gasteiger partial charge in [0, 0.05) is 0 Å². The van der Waals surface area contributed by atoms with Crippen molar-refractivity contribution in [3.63, 3.8) is 0 Å². The van der Waals surface area contributed by atoms with Crippen molar-refractivity contribution in [2.24, 2.45) is 0 Å². The van der Waals surface area contributed by atoms with Crippen LogP contribution in [0.3, 0.4) is 0 Å². The first-order chi connectivity index (χ1) is 6.25. The Kier molecular flexibility index (Phi) is 5.23. The van der Waals surface area contributed by atoms with E-state index in [4.69, 9.17) is 0 Å². The number of hydrogen-bond donors (Lipinski definition) is 0. The molecule has 2 atom stereocenters. The average Bonchev–Trinajstić information content (AvgIpc) is 2.30. The summed E-state index contributed by atoms with van der Waals surface area (Å²) < 4.78 is 2.29. The smallest absolute Gasteiger partial charge is 0.0649 e. The van der Waals surface area contributed by atoms with Crippen molar-refractivity contribution in [3.8, 4) is 0 Å². The van der Waals surface area contributed by atoms with Crippen LogP contribution >= 0.6 is 9.39 Å². The maximum absolute atomic E-state index is 2.81. The van der Waals surface area contributed by atoms with Gasteiger partial charge in [0.05, 0.1) is 6.17 Å². The highest BCUT2D eigenvalue weighted by Crippen LogP contribution is 2.20. The molecule has 1 aliphatic heterocycles. The van der Waals surface area contributed by atoms with E-state index in [0.717, 1.165) is 0 Å². The molecule has 2 unspecified atom stereocenters. The third-order valence-electron chi connectivity index (χ3n) is 2.81. The van der Waals surface area contributed by atoms with Crippen LogP contribution in [0.4, 0.5) is 0 Å². The second-order valence-electron chi connectivity index (χ2n) is 4.03. The minimum atomic E-state index is 0.660. The molecule has 1 heterocycles. The summed E-state index contributed by atoms with van der Waals surface area (Å²) in [7, 11) is 4.98. The molecule has 13 heavy (non-hydrogen) atoms. The monoisotopic (exact) mass is 202 g/mol. The lowest BCUT2D eigenvalue weighted by Gasteiger charge is -2.34. The van der Waals surface area contributed by atoms with E-state index in [1.165, 1.54) is 45.2 Å². The summed E-state index contributed by atoms with van der Waals surface area (Å²) in [4.78, 5) is 2.62. The standard InChI is InChI=1S/C10H23N2P/c1-3-8-12-9-6-4-5-7-10(12)11(2)13/h10H,3-9,13H2,1-2H3. The van der Waals surface area contributed by atoms with Gasteiger partial charge in [-0.25, -0.2) is 0 Å². The zero-order valence-corrected chi connectivity index (χ0v) is 10.2. The van der Waals surface area contributed by atoms with Gasteiger partial charge in [-0.2, -0.15) is 0 Å². The molecule has 0 aromatic heterocycles. The molecule has 0 aromatic carbocycles. The van der Waals surface area contributed by atoms with E-state index >= 15 is 0 Å². The van der Waals surface area contributed by atoms with Crippen LogP contribution in [0, 0.1) is 0 Å². The van der Waals surface area contributed by atoms with Crippen LogP contribution < -0.4 is 0 Å². The quantitative estimate of drug-likeness (QED) is 0.648. The Labute approximate surface area is 84.9 Å². The van der Waals surface area contributed by atoms with Gasteiger partial charge in [-0.05, 0) is 39.4 Å². The number of nitrogens with zero attached hydrogens (tertiary/aromatic N) is 2.